The molecule has 2 aromatic heterocycles. The lowest BCUT2D eigenvalue weighted by molar-refractivity contribution is 0.459. The average molecular weight is 284 g/mol. The topological polar surface area (TPSA) is 57.0 Å². The first-order chi connectivity index (χ1) is 7.59. The molecular weight excluding hydrogens is 270 g/mol. The van der Waals surface area contributed by atoms with Gasteiger partial charge in [0.25, 0.3) is 0 Å². The molecule has 0 aliphatic rings. The Kier molecular flexibility index (Phi) is 3.16. The molecule has 0 radical (unpaired) electrons. The quantitative estimate of drug-likeness (QED) is 0.941. The molecule has 0 aromatic carbocycles. The number of hydrogen-bond acceptors (Lipinski definition) is 3. The Morgan fingerprint density at radius 3 is 2.88 bits per heavy atom. The Labute approximate surface area is 103 Å². The van der Waals surface area contributed by atoms with E-state index in [0.29, 0.717) is 6.42 Å². The van der Waals surface area contributed by atoms with E-state index in [4.69, 9.17) is 10.2 Å². The number of nitrogens with two attached hydrogens (primary N) is 1. The van der Waals surface area contributed by atoms with E-state index in [0.717, 1.165) is 21.6 Å². The van der Waals surface area contributed by atoms with Crippen LogP contribution in [0.2, 0.25) is 0 Å². The largest absolute Gasteiger partial charge is 0.468 e. The van der Waals surface area contributed by atoms with Gasteiger partial charge >= 0.3 is 0 Å². The molecule has 0 fully saturated rings. The van der Waals surface area contributed by atoms with Crippen molar-refractivity contribution in [1.29, 1.82) is 0 Å². The fraction of sp³-hybridized carbons (Fsp3) is 0.364. The van der Waals surface area contributed by atoms with E-state index < -0.39 is 0 Å². The Balaban J connectivity index is 2.21. The molecule has 16 heavy (non-hydrogen) atoms. The monoisotopic (exact) mass is 283 g/mol. The maximum absolute atomic E-state index is 6.06. The van der Waals surface area contributed by atoms with Gasteiger partial charge in [-0.1, -0.05) is 0 Å². The summed E-state index contributed by atoms with van der Waals surface area (Å²) in [4.78, 5) is 0. The highest BCUT2D eigenvalue weighted by molar-refractivity contribution is 9.10. The number of rotatable bonds is 3. The summed E-state index contributed by atoms with van der Waals surface area (Å²) < 4.78 is 8.16. The molecule has 0 aliphatic carbocycles. The van der Waals surface area contributed by atoms with Crippen molar-refractivity contribution < 1.29 is 4.42 Å². The third-order valence-corrected chi connectivity index (χ3v) is 3.62. The van der Waals surface area contributed by atoms with Crippen molar-refractivity contribution in [2.75, 3.05) is 0 Å². The Bertz CT molecular complexity index is 476. The molecular formula is C11H14BrN3O. The van der Waals surface area contributed by atoms with Gasteiger partial charge in [0.15, 0.2) is 0 Å². The number of halogens is 1. The standard InChI is InChI=1S/C11H14BrN3O/c1-7-11(12)9(15(2)14-7)6-8(13)10-4-3-5-16-10/h3-5,8H,6,13H2,1-2H3. The van der Waals surface area contributed by atoms with Crippen LogP contribution in [0.15, 0.2) is 27.3 Å². The highest BCUT2D eigenvalue weighted by atomic mass is 79.9. The normalized spacial score (nSPS) is 13.0. The van der Waals surface area contributed by atoms with Gasteiger partial charge in [-0.15, -0.1) is 0 Å². The molecule has 2 N–H and O–H groups in total. The third-order valence-electron chi connectivity index (χ3n) is 2.58. The number of furan rings is 1. The SMILES string of the molecule is Cc1nn(C)c(CC(N)c2ccco2)c1Br. The van der Waals surface area contributed by atoms with E-state index in [1.54, 1.807) is 6.26 Å². The van der Waals surface area contributed by atoms with E-state index in [2.05, 4.69) is 21.0 Å². The lowest BCUT2D eigenvalue weighted by Gasteiger charge is -2.09. The Morgan fingerprint density at radius 2 is 2.38 bits per heavy atom. The predicted octanol–water partition coefficient (Wildman–Crippen LogP) is 2.33. The second kappa shape index (κ2) is 4.43. The highest BCUT2D eigenvalue weighted by Gasteiger charge is 2.16. The Morgan fingerprint density at radius 1 is 1.62 bits per heavy atom. The minimum Gasteiger partial charge on any atom is -0.468 e. The average Bonchev–Trinajstić information content (AvgIpc) is 2.83. The maximum Gasteiger partial charge on any atom is 0.120 e. The summed E-state index contributed by atoms with van der Waals surface area (Å²) in [6, 6.07) is 3.60. The van der Waals surface area contributed by atoms with E-state index in [9.17, 15) is 0 Å². The van der Waals surface area contributed by atoms with E-state index in [1.807, 2.05) is 30.8 Å². The van der Waals surface area contributed by atoms with Crippen LogP contribution in [-0.4, -0.2) is 9.78 Å². The van der Waals surface area contributed by atoms with Crippen LogP contribution in [0.3, 0.4) is 0 Å². The van der Waals surface area contributed by atoms with Crippen LogP contribution in [0.5, 0.6) is 0 Å². The van der Waals surface area contributed by atoms with Gasteiger partial charge in [-0.3, -0.25) is 4.68 Å². The fourth-order valence-corrected chi connectivity index (χ4v) is 2.21. The molecule has 2 aromatic rings. The van der Waals surface area contributed by atoms with Gasteiger partial charge < -0.3 is 10.2 Å². The molecule has 1 unspecified atom stereocenters. The van der Waals surface area contributed by atoms with Gasteiger partial charge in [0.1, 0.15) is 5.76 Å². The number of nitrogens with zero attached hydrogens (tertiary/aromatic N) is 2. The molecule has 0 spiro atoms. The van der Waals surface area contributed by atoms with Crippen LogP contribution in [0, 0.1) is 6.92 Å². The molecule has 0 aliphatic heterocycles. The summed E-state index contributed by atoms with van der Waals surface area (Å²) in [5.41, 5.74) is 8.12. The second-order valence-electron chi connectivity index (χ2n) is 3.80. The lowest BCUT2D eigenvalue weighted by Crippen LogP contribution is -2.15. The summed E-state index contributed by atoms with van der Waals surface area (Å²) in [6.07, 6.45) is 2.34. The molecule has 86 valence electrons. The van der Waals surface area contributed by atoms with Crippen LogP contribution in [-0.2, 0) is 13.5 Å². The van der Waals surface area contributed by atoms with Crippen molar-refractivity contribution in [3.8, 4) is 0 Å². The van der Waals surface area contributed by atoms with E-state index >= 15 is 0 Å². The summed E-state index contributed by atoms with van der Waals surface area (Å²) in [6.45, 7) is 1.96. The van der Waals surface area contributed by atoms with Crippen molar-refractivity contribution in [2.45, 2.75) is 19.4 Å². The zero-order valence-electron chi connectivity index (χ0n) is 9.27. The molecule has 4 nitrogen and oxygen atoms in total. The number of aryl methyl sites for hydroxylation is 2. The predicted molar refractivity (Wildman–Crippen MR) is 65.0 cm³/mol. The Hall–Kier alpha value is -1.07. The minimum atomic E-state index is -0.138. The molecule has 0 saturated heterocycles. The molecule has 0 saturated carbocycles. The van der Waals surface area contributed by atoms with Crippen molar-refractivity contribution >= 4 is 15.9 Å². The summed E-state index contributed by atoms with van der Waals surface area (Å²) in [5, 5.41) is 4.33. The van der Waals surface area contributed by atoms with Crippen molar-refractivity contribution in [2.24, 2.45) is 12.8 Å². The molecule has 2 rings (SSSR count). The first-order valence-electron chi connectivity index (χ1n) is 5.06. The van der Waals surface area contributed by atoms with Gasteiger partial charge in [-0.2, -0.15) is 5.10 Å². The molecule has 0 amide bonds. The van der Waals surface area contributed by atoms with Crippen LogP contribution in [0.25, 0.3) is 0 Å². The maximum atomic E-state index is 6.06. The van der Waals surface area contributed by atoms with Crippen LogP contribution >= 0.6 is 15.9 Å². The fourth-order valence-electron chi connectivity index (χ4n) is 1.71. The first-order valence-corrected chi connectivity index (χ1v) is 5.86. The van der Waals surface area contributed by atoms with Crippen LogP contribution in [0.4, 0.5) is 0 Å². The van der Waals surface area contributed by atoms with Crippen molar-refractivity contribution in [3.63, 3.8) is 0 Å². The first kappa shape index (κ1) is 11.4. The van der Waals surface area contributed by atoms with E-state index in [-0.39, 0.29) is 6.04 Å². The number of aromatic nitrogens is 2. The van der Waals surface area contributed by atoms with Gasteiger partial charge in [-0.05, 0) is 35.0 Å². The van der Waals surface area contributed by atoms with Crippen molar-refractivity contribution in [1.82, 2.24) is 9.78 Å². The van der Waals surface area contributed by atoms with Crippen molar-refractivity contribution in [3.05, 3.63) is 40.0 Å². The minimum absolute atomic E-state index is 0.138. The van der Waals surface area contributed by atoms with Crippen LogP contribution in [0.1, 0.15) is 23.2 Å². The zero-order valence-corrected chi connectivity index (χ0v) is 10.9. The summed E-state index contributed by atoms with van der Waals surface area (Å²) in [7, 11) is 1.92. The summed E-state index contributed by atoms with van der Waals surface area (Å²) >= 11 is 3.52. The molecule has 2 heterocycles. The highest BCUT2D eigenvalue weighted by Crippen LogP contribution is 2.24. The second-order valence-corrected chi connectivity index (χ2v) is 4.59. The molecule has 5 heteroatoms. The summed E-state index contributed by atoms with van der Waals surface area (Å²) in [5.74, 6) is 0.797. The van der Waals surface area contributed by atoms with Crippen LogP contribution < -0.4 is 5.73 Å². The van der Waals surface area contributed by atoms with Gasteiger partial charge in [0.2, 0.25) is 0 Å². The smallest absolute Gasteiger partial charge is 0.120 e. The molecule has 0 bridgehead atoms. The lowest BCUT2D eigenvalue weighted by atomic mass is 10.1. The van der Waals surface area contributed by atoms with Gasteiger partial charge in [-0.25, -0.2) is 0 Å². The number of hydrogen-bond donors (Lipinski definition) is 1. The zero-order chi connectivity index (χ0) is 11.7. The third kappa shape index (κ3) is 2.05. The van der Waals surface area contributed by atoms with Gasteiger partial charge in [0.05, 0.1) is 28.2 Å². The van der Waals surface area contributed by atoms with E-state index in [1.165, 1.54) is 0 Å². The molecule has 1 atom stereocenters. The van der Waals surface area contributed by atoms with Gasteiger partial charge in [0, 0.05) is 13.5 Å².